The van der Waals surface area contributed by atoms with Crippen LogP contribution in [0.4, 0.5) is 0 Å². The zero-order valence-corrected chi connectivity index (χ0v) is 16.7. The monoisotopic (exact) mass is 393 g/mol. The molecule has 1 aliphatic heterocycles. The average Bonchev–Trinajstić information content (AvgIpc) is 3.18. The molecule has 150 valence electrons. The molecule has 2 aromatic heterocycles. The maximum atomic E-state index is 12.8. The Labute approximate surface area is 168 Å². The quantitative estimate of drug-likeness (QED) is 0.679. The Morgan fingerprint density at radius 1 is 1.24 bits per heavy atom. The molecule has 0 radical (unpaired) electrons. The van der Waals surface area contributed by atoms with Crippen LogP contribution in [0.3, 0.4) is 0 Å². The van der Waals surface area contributed by atoms with E-state index in [1.54, 1.807) is 54.1 Å². The van der Waals surface area contributed by atoms with Crippen molar-refractivity contribution in [3.05, 3.63) is 59.5 Å². The van der Waals surface area contributed by atoms with Crippen LogP contribution in [0, 0.1) is 0 Å². The first-order valence-electron chi connectivity index (χ1n) is 9.45. The summed E-state index contributed by atoms with van der Waals surface area (Å²) < 4.78 is 7.53. The van der Waals surface area contributed by atoms with Gasteiger partial charge in [0.05, 0.1) is 41.7 Å². The SMILES string of the molecule is CN(C)C(=O)c1cc([C@@H]2CN(C(=O)c3cnn(C)c3)CCO2)nc2ccccc12. The molecule has 1 aliphatic rings. The van der Waals surface area contributed by atoms with Crippen molar-refractivity contribution in [1.29, 1.82) is 0 Å². The zero-order valence-electron chi connectivity index (χ0n) is 16.7. The Kier molecular flexibility index (Phi) is 5.02. The summed E-state index contributed by atoms with van der Waals surface area (Å²) in [4.78, 5) is 33.6. The van der Waals surface area contributed by atoms with Crippen molar-refractivity contribution in [3.63, 3.8) is 0 Å². The van der Waals surface area contributed by atoms with Gasteiger partial charge in [-0.2, -0.15) is 5.10 Å². The summed E-state index contributed by atoms with van der Waals surface area (Å²) in [5, 5.41) is 4.87. The number of nitrogens with zero attached hydrogens (tertiary/aromatic N) is 5. The predicted molar refractivity (Wildman–Crippen MR) is 108 cm³/mol. The fourth-order valence-electron chi connectivity index (χ4n) is 3.51. The molecule has 1 aromatic carbocycles. The molecule has 2 amide bonds. The van der Waals surface area contributed by atoms with Crippen LogP contribution in [0.15, 0.2) is 42.7 Å². The number of carbonyl (C=O) groups is 2. The second-order valence-electron chi connectivity index (χ2n) is 7.32. The molecule has 0 saturated carbocycles. The molecule has 1 atom stereocenters. The minimum absolute atomic E-state index is 0.0863. The van der Waals surface area contributed by atoms with Gasteiger partial charge in [-0.05, 0) is 12.1 Å². The summed E-state index contributed by atoms with van der Waals surface area (Å²) in [6.07, 6.45) is 2.87. The molecule has 0 aliphatic carbocycles. The Bertz CT molecular complexity index is 1080. The third-order valence-corrected chi connectivity index (χ3v) is 5.01. The van der Waals surface area contributed by atoms with Crippen molar-refractivity contribution >= 4 is 22.7 Å². The molecular weight excluding hydrogens is 370 g/mol. The third-order valence-electron chi connectivity index (χ3n) is 5.01. The highest BCUT2D eigenvalue weighted by Gasteiger charge is 2.29. The lowest BCUT2D eigenvalue weighted by Crippen LogP contribution is -2.42. The van der Waals surface area contributed by atoms with E-state index in [1.807, 2.05) is 24.3 Å². The van der Waals surface area contributed by atoms with Crippen LogP contribution in [0.1, 0.15) is 32.5 Å². The van der Waals surface area contributed by atoms with Gasteiger partial charge >= 0.3 is 0 Å². The van der Waals surface area contributed by atoms with E-state index < -0.39 is 6.10 Å². The van der Waals surface area contributed by atoms with E-state index in [0.717, 1.165) is 10.9 Å². The van der Waals surface area contributed by atoms with Crippen LogP contribution in [-0.2, 0) is 11.8 Å². The molecule has 1 fully saturated rings. The first-order chi connectivity index (χ1) is 13.9. The normalized spacial score (nSPS) is 16.8. The Balaban J connectivity index is 1.67. The van der Waals surface area contributed by atoms with Gasteiger partial charge in [-0.3, -0.25) is 14.3 Å². The van der Waals surface area contributed by atoms with Crippen LogP contribution in [0.25, 0.3) is 10.9 Å². The molecule has 3 aromatic rings. The number of ether oxygens (including phenoxy) is 1. The van der Waals surface area contributed by atoms with Crippen LogP contribution < -0.4 is 0 Å². The highest BCUT2D eigenvalue weighted by atomic mass is 16.5. The van der Waals surface area contributed by atoms with Gasteiger partial charge in [0.15, 0.2) is 0 Å². The number of rotatable bonds is 3. The number of fused-ring (bicyclic) bond motifs is 1. The molecule has 3 heterocycles. The fourth-order valence-corrected chi connectivity index (χ4v) is 3.51. The smallest absolute Gasteiger partial charge is 0.257 e. The first-order valence-corrected chi connectivity index (χ1v) is 9.45. The van der Waals surface area contributed by atoms with Gasteiger partial charge < -0.3 is 14.5 Å². The lowest BCUT2D eigenvalue weighted by molar-refractivity contribution is -0.0246. The van der Waals surface area contributed by atoms with E-state index in [-0.39, 0.29) is 11.8 Å². The van der Waals surface area contributed by atoms with Crippen molar-refractivity contribution in [3.8, 4) is 0 Å². The predicted octanol–water partition coefficient (Wildman–Crippen LogP) is 1.88. The molecule has 0 spiro atoms. The van der Waals surface area contributed by atoms with E-state index in [4.69, 9.17) is 9.72 Å². The summed E-state index contributed by atoms with van der Waals surface area (Å²) in [5.41, 5.74) is 2.50. The number of pyridine rings is 1. The van der Waals surface area contributed by atoms with E-state index >= 15 is 0 Å². The minimum Gasteiger partial charge on any atom is -0.368 e. The van der Waals surface area contributed by atoms with Crippen LogP contribution in [0.2, 0.25) is 0 Å². The van der Waals surface area contributed by atoms with Crippen molar-refractivity contribution in [2.24, 2.45) is 7.05 Å². The van der Waals surface area contributed by atoms with E-state index in [0.29, 0.717) is 36.5 Å². The second kappa shape index (κ2) is 7.63. The van der Waals surface area contributed by atoms with Gasteiger partial charge in [-0.1, -0.05) is 18.2 Å². The van der Waals surface area contributed by atoms with Crippen LogP contribution in [-0.4, -0.2) is 70.2 Å². The molecule has 8 heteroatoms. The van der Waals surface area contributed by atoms with Gasteiger partial charge in [0, 0.05) is 39.3 Å². The van der Waals surface area contributed by atoms with Crippen molar-refractivity contribution in [2.75, 3.05) is 33.8 Å². The first kappa shape index (κ1) is 19.1. The van der Waals surface area contributed by atoms with Crippen molar-refractivity contribution in [1.82, 2.24) is 24.6 Å². The van der Waals surface area contributed by atoms with Gasteiger partial charge in [-0.25, -0.2) is 4.98 Å². The molecule has 0 N–H and O–H groups in total. The van der Waals surface area contributed by atoms with E-state index in [1.165, 1.54) is 0 Å². The maximum Gasteiger partial charge on any atom is 0.257 e. The van der Waals surface area contributed by atoms with E-state index in [2.05, 4.69) is 5.10 Å². The maximum absolute atomic E-state index is 12.8. The number of hydrogen-bond acceptors (Lipinski definition) is 5. The number of aromatic nitrogens is 3. The highest BCUT2D eigenvalue weighted by Crippen LogP contribution is 2.27. The van der Waals surface area contributed by atoms with Crippen molar-refractivity contribution in [2.45, 2.75) is 6.10 Å². The topological polar surface area (TPSA) is 80.6 Å². The molecule has 8 nitrogen and oxygen atoms in total. The van der Waals surface area contributed by atoms with Crippen LogP contribution in [0.5, 0.6) is 0 Å². The molecule has 29 heavy (non-hydrogen) atoms. The largest absolute Gasteiger partial charge is 0.368 e. The van der Waals surface area contributed by atoms with Gasteiger partial charge in [0.2, 0.25) is 0 Å². The number of carbonyl (C=O) groups excluding carboxylic acids is 2. The number of aryl methyl sites for hydroxylation is 1. The summed E-state index contributed by atoms with van der Waals surface area (Å²) in [7, 11) is 5.23. The number of para-hydroxylation sites is 1. The standard InChI is InChI=1S/C21H23N5O3/c1-24(2)21(28)16-10-18(23-17-7-5-4-6-15(16)17)19-13-26(8-9-29-19)20(27)14-11-22-25(3)12-14/h4-7,10-12,19H,8-9,13H2,1-3H3/t19-/m0/s1. The molecular formula is C21H23N5O3. The Morgan fingerprint density at radius 3 is 2.76 bits per heavy atom. The van der Waals surface area contributed by atoms with Crippen molar-refractivity contribution < 1.29 is 14.3 Å². The lowest BCUT2D eigenvalue weighted by Gasteiger charge is -2.32. The Hall–Kier alpha value is -3.26. The fraction of sp³-hybridized carbons (Fsp3) is 0.333. The summed E-state index contributed by atoms with van der Waals surface area (Å²) in [6, 6.07) is 9.34. The zero-order chi connectivity index (χ0) is 20.5. The van der Waals surface area contributed by atoms with Gasteiger partial charge in [-0.15, -0.1) is 0 Å². The summed E-state index contributed by atoms with van der Waals surface area (Å²) >= 11 is 0. The number of amides is 2. The van der Waals surface area contributed by atoms with Gasteiger partial charge in [0.1, 0.15) is 6.10 Å². The average molecular weight is 393 g/mol. The third kappa shape index (κ3) is 3.71. The van der Waals surface area contributed by atoms with E-state index in [9.17, 15) is 9.59 Å². The summed E-state index contributed by atoms with van der Waals surface area (Å²) in [5.74, 6) is -0.180. The summed E-state index contributed by atoms with van der Waals surface area (Å²) in [6.45, 7) is 1.28. The second-order valence-corrected chi connectivity index (χ2v) is 7.32. The highest BCUT2D eigenvalue weighted by molar-refractivity contribution is 6.06. The number of hydrogen-bond donors (Lipinski definition) is 0. The number of benzene rings is 1. The minimum atomic E-state index is -0.400. The molecule has 1 saturated heterocycles. The molecule has 0 bridgehead atoms. The van der Waals surface area contributed by atoms with Crippen LogP contribution >= 0.6 is 0 Å². The lowest BCUT2D eigenvalue weighted by atomic mass is 10.0. The van der Waals surface area contributed by atoms with Gasteiger partial charge in [0.25, 0.3) is 11.8 Å². The Morgan fingerprint density at radius 2 is 2.03 bits per heavy atom. The molecule has 4 rings (SSSR count). The number of morpholine rings is 1. The molecule has 0 unspecified atom stereocenters.